The lowest BCUT2D eigenvalue weighted by Crippen LogP contribution is -2.06. The lowest BCUT2D eigenvalue weighted by Gasteiger charge is -2.08. The molecule has 0 unspecified atom stereocenters. The molecule has 13 heavy (non-hydrogen) atoms. The molecule has 0 atom stereocenters. The van der Waals surface area contributed by atoms with Gasteiger partial charge >= 0.3 is 0 Å². The molecule has 0 fully saturated rings. The Morgan fingerprint density at radius 3 is 2.54 bits per heavy atom. The summed E-state index contributed by atoms with van der Waals surface area (Å²) >= 11 is 5.82. The van der Waals surface area contributed by atoms with Crippen LogP contribution < -0.4 is 5.32 Å². The molecule has 72 valence electrons. The Labute approximate surface area is 83.5 Å². The van der Waals surface area contributed by atoms with E-state index in [1.54, 1.807) is 0 Å². The highest BCUT2D eigenvalue weighted by atomic mass is 35.5. The average Bonchev–Trinajstić information content (AvgIpc) is 2.13. The van der Waals surface area contributed by atoms with Crippen molar-refractivity contribution in [2.45, 2.75) is 27.2 Å². The van der Waals surface area contributed by atoms with Crippen LogP contribution in [-0.4, -0.2) is 16.7 Å². The van der Waals surface area contributed by atoms with Crippen LogP contribution in [0, 0.1) is 13.8 Å². The second-order valence-electron chi connectivity index (χ2n) is 3.02. The second-order valence-corrected chi connectivity index (χ2v) is 3.37. The summed E-state index contributed by atoms with van der Waals surface area (Å²) in [6.07, 6.45) is 1.07. The van der Waals surface area contributed by atoms with Crippen LogP contribution in [-0.2, 0) is 0 Å². The number of hydrogen-bond acceptors (Lipinski definition) is 3. The Hall–Kier alpha value is -0.830. The highest BCUT2D eigenvalue weighted by Gasteiger charge is 2.06. The summed E-state index contributed by atoms with van der Waals surface area (Å²) in [7, 11) is 0. The summed E-state index contributed by atoms with van der Waals surface area (Å²) in [5.41, 5.74) is 2.07. The fourth-order valence-electron chi connectivity index (χ4n) is 0.988. The molecule has 0 aromatic carbocycles. The third-order valence-corrected chi connectivity index (χ3v) is 2.37. The van der Waals surface area contributed by atoms with Gasteiger partial charge in [0, 0.05) is 6.54 Å². The topological polar surface area (TPSA) is 37.8 Å². The molecule has 1 N–H and O–H groups in total. The second kappa shape index (κ2) is 4.42. The molecule has 0 aliphatic carbocycles. The Morgan fingerprint density at radius 1 is 1.23 bits per heavy atom. The zero-order chi connectivity index (χ0) is 9.84. The van der Waals surface area contributed by atoms with E-state index in [0.717, 1.165) is 29.9 Å². The Kier molecular flexibility index (Phi) is 3.48. The third kappa shape index (κ3) is 2.31. The molecule has 0 amide bonds. The maximum atomic E-state index is 5.82. The van der Waals surface area contributed by atoms with Gasteiger partial charge in [0.15, 0.2) is 11.0 Å². The largest absolute Gasteiger partial charge is 0.368 e. The van der Waals surface area contributed by atoms with Crippen LogP contribution >= 0.6 is 11.6 Å². The van der Waals surface area contributed by atoms with E-state index >= 15 is 0 Å². The van der Waals surface area contributed by atoms with Crippen molar-refractivity contribution in [2.24, 2.45) is 0 Å². The number of nitrogens with zero attached hydrogens (tertiary/aromatic N) is 2. The third-order valence-electron chi connectivity index (χ3n) is 2.01. The quantitative estimate of drug-likeness (QED) is 0.813. The predicted molar refractivity (Wildman–Crippen MR) is 55.3 cm³/mol. The van der Waals surface area contributed by atoms with Gasteiger partial charge < -0.3 is 5.32 Å². The molecule has 1 aromatic rings. The summed E-state index contributed by atoms with van der Waals surface area (Å²) in [5, 5.41) is 11.5. The Bertz CT molecular complexity index is 299. The van der Waals surface area contributed by atoms with E-state index in [4.69, 9.17) is 11.6 Å². The Morgan fingerprint density at radius 2 is 1.92 bits per heavy atom. The molecule has 0 spiro atoms. The van der Waals surface area contributed by atoms with Crippen LogP contribution in [0.3, 0.4) is 0 Å². The maximum Gasteiger partial charge on any atom is 0.155 e. The molecule has 0 saturated heterocycles. The van der Waals surface area contributed by atoms with E-state index in [-0.39, 0.29) is 0 Å². The van der Waals surface area contributed by atoms with Crippen molar-refractivity contribution in [2.75, 3.05) is 11.9 Å². The molecular weight excluding hydrogens is 186 g/mol. The number of aromatic nitrogens is 2. The molecular formula is C9H14ClN3. The van der Waals surface area contributed by atoms with Crippen LogP contribution in [0.4, 0.5) is 5.82 Å². The minimum atomic E-state index is 0.486. The molecule has 0 aliphatic heterocycles. The van der Waals surface area contributed by atoms with Gasteiger partial charge in [-0.1, -0.05) is 18.5 Å². The van der Waals surface area contributed by atoms with E-state index in [1.807, 2.05) is 13.8 Å². The van der Waals surface area contributed by atoms with Crippen LogP contribution in [0.25, 0.3) is 0 Å². The van der Waals surface area contributed by atoms with Gasteiger partial charge in [0.2, 0.25) is 0 Å². The van der Waals surface area contributed by atoms with Gasteiger partial charge in [-0.05, 0) is 31.4 Å². The number of nitrogens with one attached hydrogen (secondary N) is 1. The number of anilines is 1. The highest BCUT2D eigenvalue weighted by Crippen LogP contribution is 2.20. The van der Waals surface area contributed by atoms with Gasteiger partial charge in [-0.2, -0.15) is 0 Å². The molecule has 1 aromatic heterocycles. The van der Waals surface area contributed by atoms with Crippen molar-refractivity contribution in [3.63, 3.8) is 0 Å². The van der Waals surface area contributed by atoms with E-state index in [9.17, 15) is 0 Å². The summed E-state index contributed by atoms with van der Waals surface area (Å²) < 4.78 is 0. The number of rotatable bonds is 3. The predicted octanol–water partition coefficient (Wildman–Crippen LogP) is 2.57. The average molecular weight is 200 g/mol. The zero-order valence-electron chi connectivity index (χ0n) is 8.19. The van der Waals surface area contributed by atoms with Crippen molar-refractivity contribution >= 4 is 17.4 Å². The molecule has 0 saturated carbocycles. The van der Waals surface area contributed by atoms with E-state index in [1.165, 1.54) is 0 Å². The monoisotopic (exact) mass is 199 g/mol. The molecule has 0 bridgehead atoms. The van der Waals surface area contributed by atoms with Crippen molar-refractivity contribution < 1.29 is 0 Å². The van der Waals surface area contributed by atoms with Crippen molar-refractivity contribution in [3.05, 3.63) is 16.3 Å². The normalized spacial score (nSPS) is 10.2. The molecule has 1 heterocycles. The molecule has 4 heteroatoms. The lowest BCUT2D eigenvalue weighted by atomic mass is 10.2. The van der Waals surface area contributed by atoms with Crippen LogP contribution in [0.15, 0.2) is 0 Å². The minimum absolute atomic E-state index is 0.486. The van der Waals surface area contributed by atoms with Crippen LogP contribution in [0.1, 0.15) is 24.5 Å². The summed E-state index contributed by atoms with van der Waals surface area (Å²) in [6, 6.07) is 0. The SMILES string of the molecule is CCCNc1nnc(Cl)c(C)c1C. The van der Waals surface area contributed by atoms with E-state index < -0.39 is 0 Å². The first-order valence-electron chi connectivity index (χ1n) is 4.40. The highest BCUT2D eigenvalue weighted by molar-refractivity contribution is 6.30. The van der Waals surface area contributed by atoms with Gasteiger partial charge in [0.1, 0.15) is 0 Å². The molecule has 0 radical (unpaired) electrons. The fourth-order valence-corrected chi connectivity index (χ4v) is 1.17. The smallest absolute Gasteiger partial charge is 0.155 e. The van der Waals surface area contributed by atoms with Gasteiger partial charge in [-0.25, -0.2) is 0 Å². The van der Waals surface area contributed by atoms with Crippen LogP contribution in [0.5, 0.6) is 0 Å². The van der Waals surface area contributed by atoms with Crippen LogP contribution in [0.2, 0.25) is 5.15 Å². The van der Waals surface area contributed by atoms with Crippen molar-refractivity contribution in [1.29, 1.82) is 0 Å². The van der Waals surface area contributed by atoms with Crippen molar-refractivity contribution in [3.8, 4) is 0 Å². The van der Waals surface area contributed by atoms with Gasteiger partial charge in [0.25, 0.3) is 0 Å². The number of halogens is 1. The molecule has 3 nitrogen and oxygen atoms in total. The zero-order valence-corrected chi connectivity index (χ0v) is 8.94. The lowest BCUT2D eigenvalue weighted by molar-refractivity contribution is 0.930. The first-order valence-corrected chi connectivity index (χ1v) is 4.77. The van der Waals surface area contributed by atoms with E-state index in [0.29, 0.717) is 5.15 Å². The van der Waals surface area contributed by atoms with Gasteiger partial charge in [-0.15, -0.1) is 10.2 Å². The first-order chi connectivity index (χ1) is 6.16. The number of hydrogen-bond donors (Lipinski definition) is 1. The standard InChI is InChI=1S/C9H14ClN3/c1-4-5-11-9-7(3)6(2)8(10)12-13-9/h4-5H2,1-3H3,(H,11,13). The summed E-state index contributed by atoms with van der Waals surface area (Å²) in [4.78, 5) is 0. The van der Waals surface area contributed by atoms with E-state index in [2.05, 4.69) is 22.4 Å². The maximum absolute atomic E-state index is 5.82. The van der Waals surface area contributed by atoms with Gasteiger partial charge in [-0.3, -0.25) is 0 Å². The first kappa shape index (κ1) is 10.3. The van der Waals surface area contributed by atoms with Gasteiger partial charge in [0.05, 0.1) is 0 Å². The van der Waals surface area contributed by atoms with Crippen molar-refractivity contribution in [1.82, 2.24) is 10.2 Å². The molecule has 1 rings (SSSR count). The summed E-state index contributed by atoms with van der Waals surface area (Å²) in [5.74, 6) is 0.837. The fraction of sp³-hybridized carbons (Fsp3) is 0.556. The Balaban J connectivity index is 2.90. The summed E-state index contributed by atoms with van der Waals surface area (Å²) in [6.45, 7) is 6.96. The minimum Gasteiger partial charge on any atom is -0.368 e. The molecule has 0 aliphatic rings.